The van der Waals surface area contributed by atoms with Crippen molar-refractivity contribution in [3.63, 3.8) is 0 Å². The average Bonchev–Trinajstić information content (AvgIpc) is 2.54. The number of hydrogen-bond acceptors (Lipinski definition) is 4. The standard InChI is InChI=1S/C16H23N3O2/c1-3-12-11-19(9-8-18(12)2)16(20)15-10-17-13-6-4-5-7-14(13)21-15/h4-7,12,15,17H,3,8-11H2,1-2H3. The molecular formula is C16H23N3O2. The molecule has 2 heterocycles. The SMILES string of the molecule is CCC1CN(C(=O)C2CNc3ccccc3O2)CCN1C. The molecule has 5 heteroatoms. The van der Waals surface area contributed by atoms with Gasteiger partial charge >= 0.3 is 0 Å². The highest BCUT2D eigenvalue weighted by atomic mass is 16.5. The second-order valence-corrected chi connectivity index (χ2v) is 5.81. The Kier molecular flexibility index (Phi) is 4.01. The molecule has 1 aromatic rings. The van der Waals surface area contributed by atoms with Gasteiger partial charge in [0.1, 0.15) is 5.75 Å². The molecule has 1 saturated heterocycles. The van der Waals surface area contributed by atoms with Gasteiger partial charge in [0.25, 0.3) is 5.91 Å². The molecule has 0 saturated carbocycles. The lowest BCUT2D eigenvalue weighted by molar-refractivity contribution is -0.141. The van der Waals surface area contributed by atoms with Crippen LogP contribution in [0.2, 0.25) is 0 Å². The van der Waals surface area contributed by atoms with Gasteiger partial charge in [-0.3, -0.25) is 9.69 Å². The summed E-state index contributed by atoms with van der Waals surface area (Å²) in [6.45, 7) is 5.23. The molecule has 1 N–H and O–H groups in total. The molecule has 114 valence electrons. The van der Waals surface area contributed by atoms with Crippen LogP contribution in [0.15, 0.2) is 24.3 Å². The number of nitrogens with one attached hydrogen (secondary N) is 1. The van der Waals surface area contributed by atoms with Gasteiger partial charge in [0.05, 0.1) is 12.2 Å². The minimum absolute atomic E-state index is 0.101. The molecule has 1 amide bonds. The summed E-state index contributed by atoms with van der Waals surface area (Å²) in [5.41, 5.74) is 0.964. The van der Waals surface area contributed by atoms with E-state index in [0.29, 0.717) is 12.6 Å². The Bertz CT molecular complexity index is 520. The molecule has 2 aliphatic heterocycles. The van der Waals surface area contributed by atoms with Crippen molar-refractivity contribution in [2.24, 2.45) is 0 Å². The van der Waals surface area contributed by atoms with Crippen LogP contribution in [0.3, 0.4) is 0 Å². The van der Waals surface area contributed by atoms with E-state index in [1.54, 1.807) is 0 Å². The number of carbonyl (C=O) groups excluding carboxylic acids is 1. The van der Waals surface area contributed by atoms with Crippen LogP contribution in [-0.2, 0) is 4.79 Å². The molecular weight excluding hydrogens is 266 g/mol. The van der Waals surface area contributed by atoms with Crippen molar-refractivity contribution < 1.29 is 9.53 Å². The van der Waals surface area contributed by atoms with Gasteiger partial charge in [0.2, 0.25) is 0 Å². The molecule has 2 atom stereocenters. The van der Waals surface area contributed by atoms with Crippen molar-refractivity contribution in [2.75, 3.05) is 38.5 Å². The fraction of sp³-hybridized carbons (Fsp3) is 0.562. The molecule has 1 aromatic carbocycles. The van der Waals surface area contributed by atoms with E-state index >= 15 is 0 Å². The molecule has 2 unspecified atom stereocenters. The number of piperazine rings is 1. The zero-order chi connectivity index (χ0) is 14.8. The summed E-state index contributed by atoms with van der Waals surface area (Å²) in [6.07, 6.45) is 0.646. The van der Waals surface area contributed by atoms with Gasteiger partial charge in [0.15, 0.2) is 6.10 Å². The number of likely N-dealkylation sites (N-methyl/N-ethyl adjacent to an activating group) is 1. The predicted octanol–water partition coefficient (Wildman–Crippen LogP) is 1.41. The van der Waals surface area contributed by atoms with E-state index in [0.717, 1.165) is 37.5 Å². The van der Waals surface area contributed by atoms with Crippen LogP contribution in [0.1, 0.15) is 13.3 Å². The van der Waals surface area contributed by atoms with E-state index in [1.807, 2.05) is 29.2 Å². The van der Waals surface area contributed by atoms with Crippen molar-refractivity contribution in [3.05, 3.63) is 24.3 Å². The minimum Gasteiger partial charge on any atom is -0.477 e. The summed E-state index contributed by atoms with van der Waals surface area (Å²) in [6, 6.07) is 8.21. The van der Waals surface area contributed by atoms with Gasteiger partial charge in [-0.05, 0) is 25.6 Å². The number of para-hydroxylation sites is 2. The van der Waals surface area contributed by atoms with E-state index in [9.17, 15) is 4.79 Å². The van der Waals surface area contributed by atoms with Gasteiger partial charge in [-0.25, -0.2) is 0 Å². The summed E-state index contributed by atoms with van der Waals surface area (Å²) >= 11 is 0. The molecule has 3 rings (SSSR count). The monoisotopic (exact) mass is 289 g/mol. The number of benzene rings is 1. The largest absolute Gasteiger partial charge is 0.477 e. The second-order valence-electron chi connectivity index (χ2n) is 5.81. The Morgan fingerprint density at radius 3 is 3.00 bits per heavy atom. The fourth-order valence-corrected chi connectivity index (χ4v) is 3.04. The number of nitrogens with zero attached hydrogens (tertiary/aromatic N) is 2. The van der Waals surface area contributed by atoms with Gasteiger partial charge in [-0.15, -0.1) is 0 Å². The van der Waals surface area contributed by atoms with E-state index in [2.05, 4.69) is 24.2 Å². The van der Waals surface area contributed by atoms with Gasteiger partial charge in [-0.1, -0.05) is 19.1 Å². The van der Waals surface area contributed by atoms with Crippen LogP contribution in [0.25, 0.3) is 0 Å². The first kappa shape index (κ1) is 14.2. The summed E-state index contributed by atoms with van der Waals surface area (Å²) in [7, 11) is 2.13. The van der Waals surface area contributed by atoms with Crippen LogP contribution in [-0.4, -0.2) is 61.1 Å². The molecule has 5 nitrogen and oxygen atoms in total. The van der Waals surface area contributed by atoms with Crippen LogP contribution in [0.5, 0.6) is 5.75 Å². The lowest BCUT2D eigenvalue weighted by Gasteiger charge is -2.40. The lowest BCUT2D eigenvalue weighted by Crippen LogP contribution is -2.57. The number of amides is 1. The normalized spacial score (nSPS) is 25.7. The maximum Gasteiger partial charge on any atom is 0.265 e. The van der Waals surface area contributed by atoms with Crippen LogP contribution >= 0.6 is 0 Å². The van der Waals surface area contributed by atoms with Crippen molar-refractivity contribution in [2.45, 2.75) is 25.5 Å². The molecule has 0 aliphatic carbocycles. The molecule has 0 bridgehead atoms. The first-order chi connectivity index (χ1) is 10.2. The zero-order valence-corrected chi connectivity index (χ0v) is 12.7. The Labute approximate surface area is 125 Å². The van der Waals surface area contributed by atoms with Crippen LogP contribution < -0.4 is 10.1 Å². The van der Waals surface area contributed by atoms with Gasteiger partial charge < -0.3 is 15.0 Å². The molecule has 0 aromatic heterocycles. The van der Waals surface area contributed by atoms with Gasteiger partial charge in [-0.2, -0.15) is 0 Å². The molecule has 1 fully saturated rings. The molecule has 0 radical (unpaired) electrons. The Morgan fingerprint density at radius 2 is 2.19 bits per heavy atom. The lowest BCUT2D eigenvalue weighted by atomic mass is 10.1. The third-order valence-electron chi connectivity index (χ3n) is 4.47. The zero-order valence-electron chi connectivity index (χ0n) is 12.7. The third-order valence-corrected chi connectivity index (χ3v) is 4.47. The van der Waals surface area contributed by atoms with E-state index in [-0.39, 0.29) is 5.91 Å². The number of fused-ring (bicyclic) bond motifs is 1. The van der Waals surface area contributed by atoms with E-state index in [1.165, 1.54) is 0 Å². The van der Waals surface area contributed by atoms with Crippen LogP contribution in [0, 0.1) is 0 Å². The highest BCUT2D eigenvalue weighted by molar-refractivity contribution is 5.83. The number of hydrogen-bond donors (Lipinski definition) is 1. The topological polar surface area (TPSA) is 44.8 Å². The number of ether oxygens (including phenoxy) is 1. The average molecular weight is 289 g/mol. The number of carbonyl (C=O) groups is 1. The smallest absolute Gasteiger partial charge is 0.265 e. The first-order valence-electron chi connectivity index (χ1n) is 7.67. The quantitative estimate of drug-likeness (QED) is 0.894. The highest BCUT2D eigenvalue weighted by Gasteiger charge is 2.33. The summed E-state index contributed by atoms with van der Waals surface area (Å²) < 4.78 is 5.88. The van der Waals surface area contributed by atoms with E-state index < -0.39 is 6.10 Å². The molecule has 0 spiro atoms. The summed E-state index contributed by atoms with van der Waals surface area (Å²) in [5.74, 6) is 0.867. The Morgan fingerprint density at radius 1 is 1.38 bits per heavy atom. The van der Waals surface area contributed by atoms with Crippen molar-refractivity contribution >= 4 is 11.6 Å². The fourth-order valence-electron chi connectivity index (χ4n) is 3.04. The molecule has 21 heavy (non-hydrogen) atoms. The summed E-state index contributed by atoms with van der Waals surface area (Å²) in [4.78, 5) is 17.0. The first-order valence-corrected chi connectivity index (χ1v) is 7.67. The van der Waals surface area contributed by atoms with Crippen LogP contribution in [0.4, 0.5) is 5.69 Å². The van der Waals surface area contributed by atoms with Crippen molar-refractivity contribution in [1.29, 1.82) is 0 Å². The second kappa shape index (κ2) is 5.93. The maximum atomic E-state index is 12.7. The molecule has 2 aliphatic rings. The van der Waals surface area contributed by atoms with Crippen molar-refractivity contribution in [1.82, 2.24) is 9.80 Å². The predicted molar refractivity (Wildman–Crippen MR) is 82.6 cm³/mol. The Hall–Kier alpha value is -1.75. The number of anilines is 1. The maximum absolute atomic E-state index is 12.7. The van der Waals surface area contributed by atoms with Crippen molar-refractivity contribution in [3.8, 4) is 5.75 Å². The Balaban J connectivity index is 1.67. The number of rotatable bonds is 2. The minimum atomic E-state index is -0.416. The van der Waals surface area contributed by atoms with Gasteiger partial charge in [0, 0.05) is 25.7 Å². The van der Waals surface area contributed by atoms with E-state index in [4.69, 9.17) is 4.74 Å². The highest BCUT2D eigenvalue weighted by Crippen LogP contribution is 2.28. The summed E-state index contributed by atoms with van der Waals surface area (Å²) in [5, 5.41) is 3.28. The third kappa shape index (κ3) is 2.83.